The van der Waals surface area contributed by atoms with Crippen LogP contribution in [0.5, 0.6) is 0 Å². The maximum Gasteiger partial charge on any atom is 0.182 e. The molecule has 1 aliphatic heterocycles. The predicted molar refractivity (Wildman–Crippen MR) is 50.5 cm³/mol. The average Bonchev–Trinajstić information content (AvgIpc) is 2.08. The molecule has 0 aliphatic carbocycles. The smallest absolute Gasteiger partial charge is 0.182 e. The van der Waals surface area contributed by atoms with Crippen molar-refractivity contribution in [2.45, 2.75) is 20.3 Å². The van der Waals surface area contributed by atoms with E-state index in [0.717, 1.165) is 16.9 Å². The Labute approximate surface area is 76.5 Å². The average molecular weight is 174 g/mol. The van der Waals surface area contributed by atoms with Crippen LogP contribution in [0.1, 0.15) is 18.2 Å². The van der Waals surface area contributed by atoms with Gasteiger partial charge in [0.05, 0.1) is 23.5 Å². The molecule has 0 spiro atoms. The molecule has 2 rings (SSSR count). The molecule has 0 atom stereocenters. The van der Waals surface area contributed by atoms with Gasteiger partial charge in [0.15, 0.2) is 5.78 Å². The number of hydrogen-bond donors (Lipinski definition) is 0. The Kier molecular flexibility index (Phi) is 1.72. The lowest BCUT2D eigenvalue weighted by molar-refractivity contribution is -0.112. The van der Waals surface area contributed by atoms with Crippen LogP contribution in [0.25, 0.3) is 0 Å². The standard InChI is InChI=1S/C10H10N2O/c1-6-3-9-8(11-5-6)4-10(13)7(2)12-9/h3,5H,4H2,1-2H3. The molecule has 1 aromatic rings. The quantitative estimate of drug-likeness (QED) is 0.599. The predicted octanol–water partition coefficient (Wildman–Crippen LogP) is 1.61. The largest absolute Gasteiger partial charge is 0.292 e. The van der Waals surface area contributed by atoms with Gasteiger partial charge in [0.2, 0.25) is 0 Å². The highest BCUT2D eigenvalue weighted by Crippen LogP contribution is 2.23. The lowest BCUT2D eigenvalue weighted by atomic mass is 10.1. The molecule has 0 amide bonds. The number of carbonyl (C=O) groups is 1. The maximum absolute atomic E-state index is 11.3. The summed E-state index contributed by atoms with van der Waals surface area (Å²) < 4.78 is 0. The molecule has 3 heteroatoms. The number of pyridine rings is 1. The number of Topliss-reactive ketones (excluding diaryl/α,β-unsaturated/α-hetero) is 1. The zero-order valence-corrected chi connectivity index (χ0v) is 7.66. The van der Waals surface area contributed by atoms with Gasteiger partial charge in [-0.25, -0.2) is 4.99 Å². The van der Waals surface area contributed by atoms with Gasteiger partial charge < -0.3 is 0 Å². The van der Waals surface area contributed by atoms with Crippen molar-refractivity contribution >= 4 is 17.2 Å². The van der Waals surface area contributed by atoms with Gasteiger partial charge in [-0.1, -0.05) is 0 Å². The fourth-order valence-corrected chi connectivity index (χ4v) is 1.34. The first-order valence-electron chi connectivity index (χ1n) is 4.21. The Morgan fingerprint density at radius 1 is 1.38 bits per heavy atom. The van der Waals surface area contributed by atoms with Crippen LogP contribution in [0, 0.1) is 6.92 Å². The number of aromatic nitrogens is 1. The number of fused-ring (bicyclic) bond motifs is 1. The Morgan fingerprint density at radius 2 is 2.15 bits per heavy atom. The van der Waals surface area contributed by atoms with Crippen LogP contribution in [0.4, 0.5) is 5.69 Å². The van der Waals surface area contributed by atoms with Crippen molar-refractivity contribution in [3.05, 3.63) is 23.5 Å². The second kappa shape index (κ2) is 2.76. The number of ketones is 1. The molecule has 0 saturated heterocycles. The number of nitrogens with zero attached hydrogens (tertiary/aromatic N) is 2. The van der Waals surface area contributed by atoms with Crippen molar-refractivity contribution in [2.24, 2.45) is 4.99 Å². The minimum atomic E-state index is 0.0730. The van der Waals surface area contributed by atoms with Crippen molar-refractivity contribution in [1.29, 1.82) is 0 Å². The van der Waals surface area contributed by atoms with E-state index < -0.39 is 0 Å². The van der Waals surface area contributed by atoms with Crippen LogP contribution in [-0.2, 0) is 11.2 Å². The first kappa shape index (κ1) is 8.10. The van der Waals surface area contributed by atoms with E-state index in [1.54, 1.807) is 13.1 Å². The summed E-state index contributed by atoms with van der Waals surface area (Å²) in [5, 5.41) is 0. The van der Waals surface area contributed by atoms with Gasteiger partial charge >= 0.3 is 0 Å². The first-order chi connectivity index (χ1) is 6.16. The second-order valence-electron chi connectivity index (χ2n) is 3.28. The van der Waals surface area contributed by atoms with Gasteiger partial charge in [0, 0.05) is 6.20 Å². The third-order valence-electron chi connectivity index (χ3n) is 2.10. The van der Waals surface area contributed by atoms with E-state index in [4.69, 9.17) is 0 Å². The van der Waals surface area contributed by atoms with E-state index in [-0.39, 0.29) is 5.78 Å². The van der Waals surface area contributed by atoms with Crippen molar-refractivity contribution < 1.29 is 4.79 Å². The fourth-order valence-electron chi connectivity index (χ4n) is 1.34. The summed E-state index contributed by atoms with van der Waals surface area (Å²) in [7, 11) is 0. The third kappa shape index (κ3) is 1.37. The summed E-state index contributed by atoms with van der Waals surface area (Å²) in [4.78, 5) is 19.6. The molecular formula is C10H10N2O. The van der Waals surface area contributed by atoms with E-state index in [1.165, 1.54) is 0 Å². The number of hydrogen-bond acceptors (Lipinski definition) is 3. The van der Waals surface area contributed by atoms with Crippen LogP contribution in [0.15, 0.2) is 17.3 Å². The van der Waals surface area contributed by atoms with Gasteiger partial charge in [0.1, 0.15) is 0 Å². The highest BCUT2D eigenvalue weighted by molar-refractivity contribution is 6.40. The SMILES string of the molecule is CC1=Nc2cc(C)cnc2CC1=O. The van der Waals surface area contributed by atoms with Crippen molar-refractivity contribution in [3.63, 3.8) is 0 Å². The van der Waals surface area contributed by atoms with Crippen LogP contribution in [-0.4, -0.2) is 16.5 Å². The van der Waals surface area contributed by atoms with E-state index in [2.05, 4.69) is 9.98 Å². The molecule has 0 saturated carbocycles. The number of aryl methyl sites for hydroxylation is 1. The van der Waals surface area contributed by atoms with Gasteiger partial charge in [-0.3, -0.25) is 9.78 Å². The molecule has 0 radical (unpaired) electrons. The molecule has 13 heavy (non-hydrogen) atoms. The Hall–Kier alpha value is -1.51. The van der Waals surface area contributed by atoms with Crippen LogP contribution >= 0.6 is 0 Å². The van der Waals surface area contributed by atoms with Gasteiger partial charge in [0.25, 0.3) is 0 Å². The number of rotatable bonds is 0. The Morgan fingerprint density at radius 3 is 2.92 bits per heavy atom. The molecule has 1 aromatic heterocycles. The fraction of sp³-hybridized carbons (Fsp3) is 0.300. The molecule has 3 nitrogen and oxygen atoms in total. The van der Waals surface area contributed by atoms with Crippen LogP contribution < -0.4 is 0 Å². The van der Waals surface area contributed by atoms with Crippen LogP contribution in [0.3, 0.4) is 0 Å². The zero-order valence-electron chi connectivity index (χ0n) is 7.66. The second-order valence-corrected chi connectivity index (χ2v) is 3.28. The van der Waals surface area contributed by atoms with Gasteiger partial charge in [-0.2, -0.15) is 0 Å². The monoisotopic (exact) mass is 174 g/mol. The molecule has 0 N–H and O–H groups in total. The van der Waals surface area contributed by atoms with Crippen molar-refractivity contribution in [2.75, 3.05) is 0 Å². The zero-order chi connectivity index (χ0) is 9.42. The highest BCUT2D eigenvalue weighted by atomic mass is 16.1. The first-order valence-corrected chi connectivity index (χ1v) is 4.21. The van der Waals surface area contributed by atoms with E-state index >= 15 is 0 Å². The summed E-state index contributed by atoms with van der Waals surface area (Å²) in [5.74, 6) is 0.0730. The summed E-state index contributed by atoms with van der Waals surface area (Å²) in [6, 6.07) is 1.96. The molecule has 0 aromatic carbocycles. The van der Waals surface area contributed by atoms with E-state index in [0.29, 0.717) is 12.1 Å². The summed E-state index contributed by atoms with van der Waals surface area (Å²) in [6.45, 7) is 3.71. The Balaban J connectivity index is 2.57. The minimum Gasteiger partial charge on any atom is -0.292 e. The summed E-state index contributed by atoms with van der Waals surface area (Å²) >= 11 is 0. The normalized spacial score (nSPS) is 15.2. The number of aliphatic imine (C=N–C) groups is 1. The Bertz CT molecular complexity index is 407. The lowest BCUT2D eigenvalue weighted by Gasteiger charge is -2.10. The molecule has 0 fully saturated rings. The third-order valence-corrected chi connectivity index (χ3v) is 2.10. The summed E-state index contributed by atoms with van der Waals surface area (Å²) in [5.41, 5.74) is 3.29. The minimum absolute atomic E-state index is 0.0730. The lowest BCUT2D eigenvalue weighted by Crippen LogP contribution is -2.17. The highest BCUT2D eigenvalue weighted by Gasteiger charge is 2.17. The number of carbonyl (C=O) groups excluding carboxylic acids is 1. The van der Waals surface area contributed by atoms with Crippen molar-refractivity contribution in [3.8, 4) is 0 Å². The van der Waals surface area contributed by atoms with Gasteiger partial charge in [-0.15, -0.1) is 0 Å². The molecule has 0 bridgehead atoms. The van der Waals surface area contributed by atoms with E-state index in [1.807, 2.05) is 13.0 Å². The summed E-state index contributed by atoms with van der Waals surface area (Å²) in [6.07, 6.45) is 2.16. The molecule has 66 valence electrons. The molecule has 1 aliphatic rings. The van der Waals surface area contributed by atoms with Gasteiger partial charge in [-0.05, 0) is 25.5 Å². The van der Waals surface area contributed by atoms with Crippen molar-refractivity contribution in [1.82, 2.24) is 4.98 Å². The molecule has 2 heterocycles. The molecule has 0 unspecified atom stereocenters. The van der Waals surface area contributed by atoms with Crippen LogP contribution in [0.2, 0.25) is 0 Å². The topological polar surface area (TPSA) is 42.3 Å². The molecular weight excluding hydrogens is 164 g/mol. The van der Waals surface area contributed by atoms with E-state index in [9.17, 15) is 4.79 Å². The maximum atomic E-state index is 11.3.